The standard InChI is InChI=1S/C17H28O6/c1-7-9-13(20-10-19-6)17(12(18)8-2)11(3)14-15(23-17)22-16(4,5)21-14/h7-8,11-15,18H,1-2,9-10H2,3-6H3/t11?,12?,13-,14+,15-,17?/m0/s1. The summed E-state index contributed by atoms with van der Waals surface area (Å²) in [5, 5.41) is 10.7. The van der Waals surface area contributed by atoms with Gasteiger partial charge in [0, 0.05) is 13.0 Å². The van der Waals surface area contributed by atoms with Crippen LogP contribution >= 0.6 is 0 Å². The Bertz CT molecular complexity index is 437. The molecule has 6 atom stereocenters. The van der Waals surface area contributed by atoms with E-state index < -0.39 is 29.9 Å². The minimum absolute atomic E-state index is 0.0861. The fourth-order valence-corrected chi connectivity index (χ4v) is 3.52. The van der Waals surface area contributed by atoms with Crippen LogP contribution in [0.25, 0.3) is 0 Å². The van der Waals surface area contributed by atoms with Crippen LogP contribution in [0.5, 0.6) is 0 Å². The molecule has 2 saturated heterocycles. The number of fused-ring (bicyclic) bond motifs is 1. The zero-order valence-corrected chi connectivity index (χ0v) is 14.4. The van der Waals surface area contributed by atoms with Crippen LogP contribution in [0.1, 0.15) is 27.2 Å². The van der Waals surface area contributed by atoms with Crippen molar-refractivity contribution in [2.24, 2.45) is 5.92 Å². The van der Waals surface area contributed by atoms with Crippen molar-refractivity contribution in [3.05, 3.63) is 25.3 Å². The third kappa shape index (κ3) is 3.24. The molecule has 0 amide bonds. The number of aliphatic hydroxyl groups is 1. The molecule has 3 unspecified atom stereocenters. The molecule has 0 aromatic rings. The lowest BCUT2D eigenvalue weighted by atomic mass is 9.77. The summed E-state index contributed by atoms with van der Waals surface area (Å²) in [5.41, 5.74) is -1.04. The summed E-state index contributed by atoms with van der Waals surface area (Å²) >= 11 is 0. The van der Waals surface area contributed by atoms with E-state index in [2.05, 4.69) is 13.2 Å². The van der Waals surface area contributed by atoms with Gasteiger partial charge >= 0.3 is 0 Å². The molecule has 0 saturated carbocycles. The average Bonchev–Trinajstić information content (AvgIpc) is 2.94. The maximum Gasteiger partial charge on any atom is 0.188 e. The predicted octanol–water partition coefficient (Wildman–Crippen LogP) is 1.98. The molecule has 2 aliphatic rings. The van der Waals surface area contributed by atoms with E-state index in [0.29, 0.717) is 6.42 Å². The van der Waals surface area contributed by atoms with E-state index in [1.165, 1.54) is 6.08 Å². The van der Waals surface area contributed by atoms with Crippen molar-refractivity contribution in [2.45, 2.75) is 63.2 Å². The quantitative estimate of drug-likeness (QED) is 0.543. The fraction of sp³-hybridized carbons (Fsp3) is 0.765. The van der Waals surface area contributed by atoms with Crippen molar-refractivity contribution in [1.82, 2.24) is 0 Å². The third-order valence-electron chi connectivity index (χ3n) is 4.57. The van der Waals surface area contributed by atoms with Gasteiger partial charge < -0.3 is 28.8 Å². The second-order valence-electron chi connectivity index (χ2n) is 6.50. The zero-order chi connectivity index (χ0) is 17.3. The number of methoxy groups -OCH3 is 1. The highest BCUT2D eigenvalue weighted by Crippen LogP contribution is 2.50. The monoisotopic (exact) mass is 328 g/mol. The van der Waals surface area contributed by atoms with Gasteiger partial charge in [0.15, 0.2) is 12.1 Å². The topological polar surface area (TPSA) is 66.4 Å². The van der Waals surface area contributed by atoms with Crippen molar-refractivity contribution in [2.75, 3.05) is 13.9 Å². The molecule has 0 aromatic heterocycles. The number of rotatable bonds is 8. The van der Waals surface area contributed by atoms with Gasteiger partial charge in [0.25, 0.3) is 0 Å². The Morgan fingerprint density at radius 3 is 2.48 bits per heavy atom. The Kier molecular flexibility index (Phi) is 5.66. The van der Waals surface area contributed by atoms with E-state index in [4.69, 9.17) is 23.7 Å². The molecule has 2 fully saturated rings. The lowest BCUT2D eigenvalue weighted by molar-refractivity contribution is -0.277. The summed E-state index contributed by atoms with van der Waals surface area (Å²) in [4.78, 5) is 0. The summed E-state index contributed by atoms with van der Waals surface area (Å²) in [5.74, 6) is -0.889. The Labute approximate surface area is 138 Å². The highest BCUT2D eigenvalue weighted by atomic mass is 16.8. The Hall–Kier alpha value is -0.760. The summed E-state index contributed by atoms with van der Waals surface area (Å²) in [7, 11) is 1.55. The van der Waals surface area contributed by atoms with Gasteiger partial charge in [-0.15, -0.1) is 13.2 Å². The first kappa shape index (κ1) is 18.6. The first-order chi connectivity index (χ1) is 10.8. The lowest BCUT2D eigenvalue weighted by Crippen LogP contribution is -2.57. The zero-order valence-electron chi connectivity index (χ0n) is 14.4. The van der Waals surface area contributed by atoms with Gasteiger partial charge in [-0.2, -0.15) is 0 Å². The minimum atomic E-state index is -1.04. The third-order valence-corrected chi connectivity index (χ3v) is 4.57. The SMILES string of the molecule is C=CC[C@H](OCOC)C1(C(O)C=C)O[C@@H]2OC(C)(C)O[C@@H]2C1C. The molecule has 2 heterocycles. The second kappa shape index (κ2) is 7.01. The molecule has 2 aliphatic heterocycles. The fourth-order valence-electron chi connectivity index (χ4n) is 3.52. The molecule has 0 radical (unpaired) electrons. The van der Waals surface area contributed by atoms with Crippen LogP contribution in [0.3, 0.4) is 0 Å². The van der Waals surface area contributed by atoms with Crippen LogP contribution in [0, 0.1) is 5.92 Å². The Morgan fingerprint density at radius 1 is 1.26 bits per heavy atom. The van der Waals surface area contributed by atoms with E-state index in [1.807, 2.05) is 20.8 Å². The molecule has 6 nitrogen and oxygen atoms in total. The van der Waals surface area contributed by atoms with Gasteiger partial charge in [0.05, 0.1) is 6.10 Å². The van der Waals surface area contributed by atoms with Crippen molar-refractivity contribution < 1.29 is 28.8 Å². The van der Waals surface area contributed by atoms with Gasteiger partial charge in [-0.25, -0.2) is 0 Å². The van der Waals surface area contributed by atoms with Crippen LogP contribution in [-0.4, -0.2) is 55.0 Å². The second-order valence-corrected chi connectivity index (χ2v) is 6.50. The number of hydrogen-bond donors (Lipinski definition) is 1. The predicted molar refractivity (Wildman–Crippen MR) is 84.6 cm³/mol. The van der Waals surface area contributed by atoms with Crippen molar-refractivity contribution in [1.29, 1.82) is 0 Å². The molecule has 23 heavy (non-hydrogen) atoms. The summed E-state index contributed by atoms with van der Waals surface area (Å²) in [6.45, 7) is 13.2. The molecule has 6 heteroatoms. The van der Waals surface area contributed by atoms with Crippen LogP contribution < -0.4 is 0 Å². The van der Waals surface area contributed by atoms with Crippen LogP contribution in [0.15, 0.2) is 25.3 Å². The average molecular weight is 328 g/mol. The first-order valence-corrected chi connectivity index (χ1v) is 7.88. The smallest absolute Gasteiger partial charge is 0.188 e. The number of aliphatic hydroxyl groups excluding tert-OH is 1. The molecule has 2 rings (SSSR count). The lowest BCUT2D eigenvalue weighted by Gasteiger charge is -2.43. The van der Waals surface area contributed by atoms with Gasteiger partial charge in [0.1, 0.15) is 24.6 Å². The summed E-state index contributed by atoms with van der Waals surface area (Å²) in [6.07, 6.45) is 1.40. The van der Waals surface area contributed by atoms with E-state index >= 15 is 0 Å². The molecule has 0 aromatic carbocycles. The van der Waals surface area contributed by atoms with Crippen LogP contribution in [0.4, 0.5) is 0 Å². The van der Waals surface area contributed by atoms with Gasteiger partial charge in [0.2, 0.25) is 0 Å². The Balaban J connectivity index is 2.33. The first-order valence-electron chi connectivity index (χ1n) is 7.88. The highest BCUT2D eigenvalue weighted by molar-refractivity contribution is 5.13. The Morgan fingerprint density at radius 2 is 1.96 bits per heavy atom. The molecule has 0 bridgehead atoms. The van der Waals surface area contributed by atoms with Crippen molar-refractivity contribution in [3.63, 3.8) is 0 Å². The minimum Gasteiger partial charge on any atom is -0.386 e. The number of ether oxygens (including phenoxy) is 5. The van der Waals surface area contributed by atoms with Gasteiger partial charge in [-0.1, -0.05) is 19.1 Å². The highest BCUT2D eigenvalue weighted by Gasteiger charge is 2.65. The molecule has 1 N–H and O–H groups in total. The van der Waals surface area contributed by atoms with E-state index in [0.717, 1.165) is 0 Å². The largest absolute Gasteiger partial charge is 0.386 e. The van der Waals surface area contributed by atoms with Crippen LogP contribution in [0.2, 0.25) is 0 Å². The molecular formula is C17H28O6. The van der Waals surface area contributed by atoms with E-state index in [9.17, 15) is 5.11 Å². The maximum absolute atomic E-state index is 10.7. The molecule has 0 spiro atoms. The molecule has 132 valence electrons. The maximum atomic E-state index is 10.7. The van der Waals surface area contributed by atoms with Gasteiger partial charge in [-0.05, 0) is 20.3 Å². The summed E-state index contributed by atoms with van der Waals surface area (Å²) in [6, 6.07) is 0. The normalized spacial score (nSPS) is 38.0. The number of hydrogen-bond acceptors (Lipinski definition) is 6. The van der Waals surface area contributed by atoms with Gasteiger partial charge in [-0.3, -0.25) is 0 Å². The summed E-state index contributed by atoms with van der Waals surface area (Å²) < 4.78 is 28.8. The molecular weight excluding hydrogens is 300 g/mol. The van der Waals surface area contributed by atoms with Crippen LogP contribution in [-0.2, 0) is 23.7 Å². The van der Waals surface area contributed by atoms with Crippen molar-refractivity contribution in [3.8, 4) is 0 Å². The van der Waals surface area contributed by atoms with Crippen molar-refractivity contribution >= 4 is 0 Å². The van der Waals surface area contributed by atoms with E-state index in [-0.39, 0.29) is 18.8 Å². The van der Waals surface area contributed by atoms with E-state index in [1.54, 1.807) is 13.2 Å². The molecule has 0 aliphatic carbocycles.